The van der Waals surface area contributed by atoms with Gasteiger partial charge in [0, 0.05) is 19.3 Å². The predicted octanol–water partition coefficient (Wildman–Crippen LogP) is 0.892. The van der Waals surface area contributed by atoms with E-state index >= 15 is 0 Å². The van der Waals surface area contributed by atoms with Gasteiger partial charge in [-0.05, 0) is 39.8 Å². The largest absolute Gasteiger partial charge is 0.444 e. The second-order valence-electron chi connectivity index (χ2n) is 6.39. The molecule has 26 heavy (non-hydrogen) atoms. The molecule has 2 N–H and O–H groups in total. The van der Waals surface area contributed by atoms with Gasteiger partial charge in [0.1, 0.15) is 11.3 Å². The molecular weight excluding hydrogens is 338 g/mol. The van der Waals surface area contributed by atoms with Crippen LogP contribution in [0.1, 0.15) is 37.0 Å². The van der Waals surface area contributed by atoms with Crippen LogP contribution in [0.5, 0.6) is 0 Å². The minimum atomic E-state index is -0.563. The lowest BCUT2D eigenvalue weighted by atomic mass is 10.2. The van der Waals surface area contributed by atoms with E-state index in [1.807, 2.05) is 0 Å². The molecule has 2 aromatic heterocycles. The molecule has 2 amide bonds. The van der Waals surface area contributed by atoms with Crippen molar-refractivity contribution in [1.82, 2.24) is 36.0 Å². The van der Waals surface area contributed by atoms with Crippen molar-refractivity contribution in [3.8, 4) is 11.5 Å². The molecule has 0 spiro atoms. The fourth-order valence-electron chi connectivity index (χ4n) is 1.80. The number of rotatable bonds is 5. The quantitative estimate of drug-likeness (QED) is 0.752. The Bertz CT molecular complexity index is 755. The fourth-order valence-corrected chi connectivity index (χ4v) is 1.80. The smallest absolute Gasteiger partial charge is 0.407 e. The van der Waals surface area contributed by atoms with Crippen LogP contribution in [0, 0.1) is 6.92 Å². The number of hydrogen-bond donors (Lipinski definition) is 2. The number of aromatic nitrogens is 5. The van der Waals surface area contributed by atoms with Gasteiger partial charge in [0.15, 0.2) is 5.82 Å². The normalized spacial score (nSPS) is 10.9. The number of carbonyl (C=O) groups is 2. The topological polar surface area (TPSA) is 132 Å². The highest BCUT2D eigenvalue weighted by atomic mass is 16.6. The molecule has 2 aromatic rings. The second kappa shape index (κ2) is 8.28. The first-order chi connectivity index (χ1) is 12.2. The lowest BCUT2D eigenvalue weighted by Crippen LogP contribution is -2.37. The van der Waals surface area contributed by atoms with Gasteiger partial charge in [-0.3, -0.25) is 9.78 Å². The van der Waals surface area contributed by atoms with Crippen molar-refractivity contribution in [3.63, 3.8) is 0 Å². The Balaban J connectivity index is 1.81. The van der Waals surface area contributed by atoms with E-state index < -0.39 is 11.7 Å². The van der Waals surface area contributed by atoms with Crippen LogP contribution in [-0.4, -0.2) is 56.1 Å². The molecule has 0 aliphatic rings. The summed E-state index contributed by atoms with van der Waals surface area (Å²) in [5, 5.41) is 20.6. The summed E-state index contributed by atoms with van der Waals surface area (Å²) in [5.74, 6) is 0.435. The van der Waals surface area contributed by atoms with Crippen LogP contribution in [0.25, 0.3) is 11.5 Å². The highest BCUT2D eigenvalue weighted by Crippen LogP contribution is 2.10. The summed E-state index contributed by atoms with van der Waals surface area (Å²) >= 11 is 0. The second-order valence-corrected chi connectivity index (χ2v) is 6.39. The van der Waals surface area contributed by atoms with E-state index in [1.165, 1.54) is 6.20 Å². The van der Waals surface area contributed by atoms with E-state index in [4.69, 9.17) is 4.74 Å². The zero-order valence-corrected chi connectivity index (χ0v) is 15.1. The van der Waals surface area contributed by atoms with Crippen LogP contribution in [0.15, 0.2) is 18.3 Å². The molecular formula is C16H21N7O3. The highest BCUT2D eigenvalue weighted by molar-refractivity contribution is 5.94. The van der Waals surface area contributed by atoms with Crippen molar-refractivity contribution in [2.75, 3.05) is 13.1 Å². The molecule has 0 saturated heterocycles. The van der Waals surface area contributed by atoms with Gasteiger partial charge >= 0.3 is 6.09 Å². The zero-order valence-electron chi connectivity index (χ0n) is 15.1. The summed E-state index contributed by atoms with van der Waals surface area (Å²) < 4.78 is 5.10. The van der Waals surface area contributed by atoms with Crippen molar-refractivity contribution in [2.45, 2.75) is 33.3 Å². The molecule has 0 unspecified atom stereocenters. The van der Waals surface area contributed by atoms with Gasteiger partial charge in [-0.1, -0.05) is 0 Å². The molecule has 0 fully saturated rings. The van der Waals surface area contributed by atoms with Gasteiger partial charge in [0.2, 0.25) is 5.82 Å². The van der Waals surface area contributed by atoms with Gasteiger partial charge in [0.05, 0.1) is 5.56 Å². The molecule has 10 nitrogen and oxygen atoms in total. The third-order valence-corrected chi connectivity index (χ3v) is 2.91. The molecule has 0 atom stereocenters. The van der Waals surface area contributed by atoms with Crippen molar-refractivity contribution in [2.24, 2.45) is 0 Å². The van der Waals surface area contributed by atoms with Gasteiger partial charge in [-0.15, -0.1) is 20.4 Å². The molecule has 0 saturated carbocycles. The Labute approximate surface area is 150 Å². The van der Waals surface area contributed by atoms with Crippen molar-refractivity contribution >= 4 is 12.0 Å². The van der Waals surface area contributed by atoms with Crippen LogP contribution in [-0.2, 0) is 4.74 Å². The minimum Gasteiger partial charge on any atom is -0.444 e. The maximum atomic E-state index is 12.1. The van der Waals surface area contributed by atoms with Gasteiger partial charge in [-0.25, -0.2) is 4.79 Å². The molecule has 0 radical (unpaired) electrons. The first kappa shape index (κ1) is 19.2. The molecule has 2 rings (SSSR count). The Morgan fingerprint density at radius 3 is 2.27 bits per heavy atom. The standard InChI is InChI=1S/C16H21N7O3/c1-10-20-22-13(23-21-10)12-6-5-11(9-19-12)14(24)17-7-8-18-15(25)26-16(2,3)4/h5-6,9H,7-8H2,1-4H3,(H,17,24)(H,18,25). The number of nitrogens with one attached hydrogen (secondary N) is 2. The first-order valence-electron chi connectivity index (χ1n) is 8.00. The summed E-state index contributed by atoms with van der Waals surface area (Å²) in [4.78, 5) is 27.7. The number of alkyl carbamates (subject to hydrolysis) is 1. The van der Waals surface area contributed by atoms with Gasteiger partial charge < -0.3 is 15.4 Å². The van der Waals surface area contributed by atoms with Gasteiger partial charge in [0.25, 0.3) is 5.91 Å². The number of carbonyl (C=O) groups excluding carboxylic acids is 2. The Kier molecular flexibility index (Phi) is 6.10. The maximum absolute atomic E-state index is 12.1. The first-order valence-corrected chi connectivity index (χ1v) is 8.00. The lowest BCUT2D eigenvalue weighted by molar-refractivity contribution is 0.0526. The average molecular weight is 359 g/mol. The van der Waals surface area contributed by atoms with Crippen LogP contribution in [0.3, 0.4) is 0 Å². The summed E-state index contributed by atoms with van der Waals surface area (Å²) in [7, 11) is 0. The molecule has 138 valence electrons. The van der Waals surface area contributed by atoms with E-state index in [1.54, 1.807) is 39.8 Å². The van der Waals surface area contributed by atoms with E-state index in [9.17, 15) is 9.59 Å². The summed E-state index contributed by atoms with van der Waals surface area (Å²) in [6.07, 6.45) is 0.882. The van der Waals surface area contributed by atoms with Crippen molar-refractivity contribution in [3.05, 3.63) is 29.7 Å². The predicted molar refractivity (Wildman–Crippen MR) is 92.2 cm³/mol. The van der Waals surface area contributed by atoms with Crippen molar-refractivity contribution < 1.29 is 14.3 Å². The van der Waals surface area contributed by atoms with Crippen LogP contribution < -0.4 is 10.6 Å². The SMILES string of the molecule is Cc1nnc(-c2ccc(C(=O)NCCNC(=O)OC(C)(C)C)cn2)nn1. The minimum absolute atomic E-state index is 0.251. The number of ether oxygens (including phenoxy) is 1. The highest BCUT2D eigenvalue weighted by Gasteiger charge is 2.15. The van der Waals surface area contributed by atoms with Crippen LogP contribution in [0.2, 0.25) is 0 Å². The molecule has 10 heteroatoms. The third-order valence-electron chi connectivity index (χ3n) is 2.91. The monoisotopic (exact) mass is 359 g/mol. The summed E-state index contributed by atoms with van der Waals surface area (Å²) in [6, 6.07) is 3.21. The Morgan fingerprint density at radius 1 is 1.04 bits per heavy atom. The molecule has 0 aromatic carbocycles. The number of hydrogen-bond acceptors (Lipinski definition) is 8. The Morgan fingerprint density at radius 2 is 1.69 bits per heavy atom. The van der Waals surface area contributed by atoms with Crippen molar-refractivity contribution in [1.29, 1.82) is 0 Å². The molecule has 0 bridgehead atoms. The number of nitrogens with zero attached hydrogens (tertiary/aromatic N) is 5. The molecule has 0 aliphatic carbocycles. The van der Waals surface area contributed by atoms with E-state index in [2.05, 4.69) is 36.0 Å². The van der Waals surface area contributed by atoms with Crippen LogP contribution >= 0.6 is 0 Å². The third kappa shape index (κ3) is 6.04. The van der Waals surface area contributed by atoms with E-state index in [0.717, 1.165) is 0 Å². The zero-order chi connectivity index (χ0) is 19.2. The summed E-state index contributed by atoms with van der Waals surface area (Å²) in [5.41, 5.74) is 0.277. The lowest BCUT2D eigenvalue weighted by Gasteiger charge is -2.19. The fraction of sp³-hybridized carbons (Fsp3) is 0.438. The van der Waals surface area contributed by atoms with Gasteiger partial charge in [-0.2, -0.15) is 0 Å². The molecule has 0 aliphatic heterocycles. The van der Waals surface area contributed by atoms with E-state index in [0.29, 0.717) is 17.1 Å². The number of aryl methyl sites for hydroxylation is 1. The number of pyridine rings is 1. The van der Waals surface area contributed by atoms with E-state index in [-0.39, 0.29) is 24.8 Å². The Hall–Kier alpha value is -3.17. The molecule has 2 heterocycles. The average Bonchev–Trinajstić information content (AvgIpc) is 2.58. The maximum Gasteiger partial charge on any atom is 0.407 e. The number of amides is 2. The van der Waals surface area contributed by atoms with Crippen LogP contribution in [0.4, 0.5) is 4.79 Å². The summed E-state index contributed by atoms with van der Waals surface area (Å²) in [6.45, 7) is 7.52.